The van der Waals surface area contributed by atoms with E-state index in [0.29, 0.717) is 24.2 Å². The molecule has 32 heavy (non-hydrogen) atoms. The van der Waals surface area contributed by atoms with Gasteiger partial charge in [-0.25, -0.2) is 10.5 Å². The average molecular weight is 449 g/mol. The highest BCUT2D eigenvalue weighted by Crippen LogP contribution is 2.25. The van der Waals surface area contributed by atoms with Crippen LogP contribution in [0.15, 0.2) is 65.5 Å². The smallest absolute Gasteiger partial charge is 0.497 e. The molecule has 1 heterocycles. The van der Waals surface area contributed by atoms with Crippen LogP contribution < -0.4 is 20.3 Å². The maximum Gasteiger partial charge on any atom is 0.573 e. The highest BCUT2D eigenvalue weighted by Gasteiger charge is 2.31. The number of nitrogens with zero attached hydrogens (tertiary/aromatic N) is 1. The number of hydroxylamine groups is 1. The molecule has 2 N–H and O–H groups in total. The Labute approximate surface area is 182 Å². The monoisotopic (exact) mass is 449 g/mol. The molecule has 2 aromatic rings. The van der Waals surface area contributed by atoms with Gasteiger partial charge >= 0.3 is 6.36 Å². The Bertz CT molecular complexity index is 987. The van der Waals surface area contributed by atoms with Gasteiger partial charge in [0.25, 0.3) is 5.91 Å². The number of hydrogen-bond donors (Lipinski definition) is 2. The van der Waals surface area contributed by atoms with Gasteiger partial charge in [-0.05, 0) is 41.8 Å². The molecule has 3 rings (SSSR count). The second-order valence-electron chi connectivity index (χ2n) is 6.86. The summed E-state index contributed by atoms with van der Waals surface area (Å²) >= 11 is 0. The van der Waals surface area contributed by atoms with Crippen LogP contribution in [0.5, 0.6) is 11.5 Å². The summed E-state index contributed by atoms with van der Waals surface area (Å²) in [5, 5.41) is 2.82. The molecule has 1 atom stereocenters. The number of methoxy groups -OCH3 is 1. The van der Waals surface area contributed by atoms with Crippen molar-refractivity contribution < 1.29 is 32.3 Å². The minimum Gasteiger partial charge on any atom is -0.497 e. The fraction of sp³-hybridized carbons (Fsp3) is 0.273. The summed E-state index contributed by atoms with van der Waals surface area (Å²) in [5.41, 5.74) is 4.31. The third-order valence-corrected chi connectivity index (χ3v) is 4.60. The highest BCUT2D eigenvalue weighted by molar-refractivity contribution is 5.97. The van der Waals surface area contributed by atoms with Crippen LogP contribution in [0.3, 0.4) is 0 Å². The number of alkyl halides is 3. The molecule has 0 aromatic heterocycles. The van der Waals surface area contributed by atoms with E-state index in [-0.39, 0.29) is 11.4 Å². The Kier molecular flexibility index (Phi) is 7.24. The van der Waals surface area contributed by atoms with Crippen molar-refractivity contribution in [3.05, 3.63) is 71.6 Å². The van der Waals surface area contributed by atoms with Gasteiger partial charge in [-0.1, -0.05) is 31.2 Å². The van der Waals surface area contributed by atoms with E-state index in [9.17, 15) is 18.0 Å². The Balaban J connectivity index is 1.64. The van der Waals surface area contributed by atoms with Crippen molar-refractivity contribution in [3.63, 3.8) is 0 Å². The maximum absolute atomic E-state index is 12.7. The van der Waals surface area contributed by atoms with Crippen molar-refractivity contribution in [2.75, 3.05) is 7.11 Å². The molecule has 10 heteroatoms. The summed E-state index contributed by atoms with van der Waals surface area (Å²) in [7, 11) is 1.58. The number of rotatable bonds is 8. The summed E-state index contributed by atoms with van der Waals surface area (Å²) in [6.45, 7) is 1.84. The number of aliphatic imine (C=N–C) groups is 1. The van der Waals surface area contributed by atoms with Crippen LogP contribution in [-0.2, 0) is 16.1 Å². The number of benzene rings is 2. The number of amidine groups is 1. The molecule has 1 aliphatic rings. The molecular formula is C22H22F3N3O4. The van der Waals surface area contributed by atoms with Crippen molar-refractivity contribution in [3.8, 4) is 11.5 Å². The standard InChI is InChI=1S/C22H22F3N3O4/c1-3-18(15-6-10-17(11-7-15)32-22(23,24)25)27-21(29)19-13-31-28-20(26-19)12-14-4-8-16(30-2)9-5-14/h4-11,13,18H,3,12H2,1-2H3,(H,26,28)(H,27,29)/t18-/m1/s1. The predicted octanol–water partition coefficient (Wildman–Crippen LogP) is 4.18. The van der Waals surface area contributed by atoms with Gasteiger partial charge in [0.1, 0.15) is 17.3 Å². The molecular weight excluding hydrogens is 427 g/mol. The molecule has 1 amide bonds. The largest absolute Gasteiger partial charge is 0.573 e. The third-order valence-electron chi connectivity index (χ3n) is 4.60. The van der Waals surface area contributed by atoms with Crippen LogP contribution in [0.25, 0.3) is 0 Å². The normalized spacial score (nSPS) is 14.3. The molecule has 1 aliphatic heterocycles. The van der Waals surface area contributed by atoms with E-state index in [1.807, 2.05) is 31.2 Å². The molecule has 2 aromatic carbocycles. The first-order valence-electron chi connectivity index (χ1n) is 9.76. The summed E-state index contributed by atoms with van der Waals surface area (Å²) in [4.78, 5) is 22.2. The van der Waals surface area contributed by atoms with Crippen LogP contribution in [0.2, 0.25) is 0 Å². The maximum atomic E-state index is 12.7. The zero-order valence-corrected chi connectivity index (χ0v) is 17.4. The molecule has 0 radical (unpaired) electrons. The van der Waals surface area contributed by atoms with E-state index in [4.69, 9.17) is 9.57 Å². The van der Waals surface area contributed by atoms with Crippen LogP contribution in [-0.4, -0.2) is 25.2 Å². The van der Waals surface area contributed by atoms with Crippen LogP contribution in [0.4, 0.5) is 13.2 Å². The van der Waals surface area contributed by atoms with Crippen molar-refractivity contribution in [1.82, 2.24) is 10.8 Å². The van der Waals surface area contributed by atoms with Gasteiger partial charge in [0, 0.05) is 6.42 Å². The van der Waals surface area contributed by atoms with E-state index in [2.05, 4.69) is 20.5 Å². The minimum atomic E-state index is -4.76. The quantitative estimate of drug-likeness (QED) is 0.632. The van der Waals surface area contributed by atoms with E-state index < -0.39 is 18.3 Å². The van der Waals surface area contributed by atoms with E-state index in [0.717, 1.165) is 11.3 Å². The van der Waals surface area contributed by atoms with Gasteiger partial charge < -0.3 is 19.6 Å². The number of ether oxygens (including phenoxy) is 2. The van der Waals surface area contributed by atoms with Gasteiger partial charge in [-0.2, -0.15) is 0 Å². The van der Waals surface area contributed by atoms with Gasteiger partial charge in [-0.3, -0.25) is 4.79 Å². The van der Waals surface area contributed by atoms with Crippen LogP contribution in [0, 0.1) is 0 Å². The van der Waals surface area contributed by atoms with Gasteiger partial charge in [-0.15, -0.1) is 13.2 Å². The van der Waals surface area contributed by atoms with Crippen molar-refractivity contribution in [2.45, 2.75) is 32.2 Å². The second kappa shape index (κ2) is 10.1. The van der Waals surface area contributed by atoms with Gasteiger partial charge in [0.15, 0.2) is 12.0 Å². The first-order chi connectivity index (χ1) is 15.3. The average Bonchev–Trinajstić information content (AvgIpc) is 2.77. The molecule has 170 valence electrons. The molecule has 7 nitrogen and oxygen atoms in total. The number of carbonyl (C=O) groups is 1. The van der Waals surface area contributed by atoms with Gasteiger partial charge in [0.2, 0.25) is 0 Å². The number of hydrogen-bond acceptors (Lipinski definition) is 6. The first-order valence-corrected chi connectivity index (χ1v) is 9.76. The zero-order valence-electron chi connectivity index (χ0n) is 17.4. The molecule has 0 saturated heterocycles. The fourth-order valence-electron chi connectivity index (χ4n) is 3.02. The van der Waals surface area contributed by atoms with Crippen LogP contribution in [0.1, 0.15) is 30.5 Å². The van der Waals surface area contributed by atoms with E-state index in [1.165, 1.54) is 30.5 Å². The summed E-state index contributed by atoms with van der Waals surface area (Å²) in [6.07, 6.45) is -2.64. The van der Waals surface area contributed by atoms with Crippen LogP contribution >= 0.6 is 0 Å². The van der Waals surface area contributed by atoms with Crippen molar-refractivity contribution in [2.24, 2.45) is 4.99 Å². The lowest BCUT2D eigenvalue weighted by molar-refractivity contribution is -0.274. The Morgan fingerprint density at radius 2 is 1.78 bits per heavy atom. The molecule has 0 unspecified atom stereocenters. The summed E-state index contributed by atoms with van der Waals surface area (Å²) in [6, 6.07) is 12.3. The minimum absolute atomic E-state index is 0.0720. The van der Waals surface area contributed by atoms with E-state index >= 15 is 0 Å². The highest BCUT2D eigenvalue weighted by atomic mass is 19.4. The molecule has 0 spiro atoms. The zero-order chi connectivity index (χ0) is 23.1. The topological polar surface area (TPSA) is 81.2 Å². The summed E-state index contributed by atoms with van der Waals surface area (Å²) in [5.74, 6) is 0.377. The summed E-state index contributed by atoms with van der Waals surface area (Å²) < 4.78 is 46.0. The first kappa shape index (κ1) is 23.0. The predicted molar refractivity (Wildman–Crippen MR) is 111 cm³/mol. The number of amides is 1. The second-order valence-corrected chi connectivity index (χ2v) is 6.86. The molecule has 0 saturated carbocycles. The Hall–Kier alpha value is -3.69. The van der Waals surface area contributed by atoms with E-state index in [1.54, 1.807) is 7.11 Å². The third kappa shape index (κ3) is 6.40. The Morgan fingerprint density at radius 3 is 2.38 bits per heavy atom. The lowest BCUT2D eigenvalue weighted by Gasteiger charge is -2.20. The Morgan fingerprint density at radius 1 is 1.12 bits per heavy atom. The SMILES string of the molecule is CC[C@@H](NC(=O)C1=CONC(Cc2ccc(OC)cc2)=N1)c1ccc(OC(F)(F)F)cc1. The molecule has 0 fully saturated rings. The molecule has 0 aliphatic carbocycles. The number of halogens is 3. The lowest BCUT2D eigenvalue weighted by Crippen LogP contribution is -2.33. The van der Waals surface area contributed by atoms with Gasteiger partial charge in [0.05, 0.1) is 13.2 Å². The van der Waals surface area contributed by atoms with Crippen molar-refractivity contribution in [1.29, 1.82) is 0 Å². The lowest BCUT2D eigenvalue weighted by atomic mass is 10.0. The fourth-order valence-corrected chi connectivity index (χ4v) is 3.02. The number of nitrogens with one attached hydrogen (secondary N) is 2. The van der Waals surface area contributed by atoms with Crippen molar-refractivity contribution >= 4 is 11.7 Å². The number of carbonyl (C=O) groups excluding carboxylic acids is 1. The molecule has 0 bridgehead atoms.